The van der Waals surface area contributed by atoms with Crippen molar-refractivity contribution >= 4 is 28.4 Å². The van der Waals surface area contributed by atoms with Gasteiger partial charge in [-0.1, -0.05) is 11.6 Å². The van der Waals surface area contributed by atoms with Crippen molar-refractivity contribution < 1.29 is 18.7 Å². The first-order valence-electron chi connectivity index (χ1n) is 9.21. The molecule has 1 fully saturated rings. The van der Waals surface area contributed by atoms with Crippen LogP contribution in [-0.4, -0.2) is 42.2 Å². The fourth-order valence-electron chi connectivity index (χ4n) is 3.42. The quantitative estimate of drug-likeness (QED) is 0.577. The molecule has 1 aromatic carbocycles. The van der Waals surface area contributed by atoms with Crippen LogP contribution in [0.15, 0.2) is 47.1 Å². The maximum Gasteiger partial charge on any atom is 0.289 e. The topological polar surface area (TPSA) is 64.8 Å². The van der Waals surface area contributed by atoms with Crippen LogP contribution in [0.2, 0.25) is 5.15 Å². The Labute approximate surface area is 168 Å². The smallest absolute Gasteiger partial charge is 0.289 e. The molecule has 1 aliphatic rings. The number of hydrogen-bond acceptors (Lipinski definition) is 5. The minimum absolute atomic E-state index is 0.0235. The average Bonchev–Trinajstić information content (AvgIpc) is 3.41. The molecule has 1 unspecified atom stereocenters. The van der Waals surface area contributed by atoms with E-state index < -0.39 is 0 Å². The standard InChI is InChI=1S/C21H21ClN2O4/c1-26-16-7-6-14-10-15(20(22)23-18(14)11-16)12-24(13-17-4-2-8-27-17)21(25)19-5-3-9-28-19/h3,5-7,9-11,17H,2,4,8,12-13H2,1H3. The minimum Gasteiger partial charge on any atom is -0.497 e. The number of benzene rings is 1. The molecule has 3 aromatic rings. The first kappa shape index (κ1) is 18.8. The van der Waals surface area contributed by atoms with Crippen molar-refractivity contribution in [3.8, 4) is 5.75 Å². The molecule has 4 rings (SSSR count). The van der Waals surface area contributed by atoms with Crippen LogP contribution in [0.5, 0.6) is 5.75 Å². The molecule has 0 N–H and O–H groups in total. The molecule has 7 heteroatoms. The molecule has 0 saturated carbocycles. The van der Waals surface area contributed by atoms with Gasteiger partial charge >= 0.3 is 0 Å². The van der Waals surface area contributed by atoms with E-state index in [1.165, 1.54) is 6.26 Å². The van der Waals surface area contributed by atoms with E-state index in [9.17, 15) is 4.79 Å². The monoisotopic (exact) mass is 400 g/mol. The zero-order valence-corrected chi connectivity index (χ0v) is 16.3. The number of hydrogen-bond donors (Lipinski definition) is 0. The van der Waals surface area contributed by atoms with Crippen molar-refractivity contribution in [1.82, 2.24) is 9.88 Å². The van der Waals surface area contributed by atoms with E-state index in [1.54, 1.807) is 24.1 Å². The summed E-state index contributed by atoms with van der Waals surface area (Å²) in [5.74, 6) is 0.829. The Kier molecular flexibility index (Phi) is 5.50. The summed E-state index contributed by atoms with van der Waals surface area (Å²) in [6, 6.07) is 11.0. The molecule has 6 nitrogen and oxygen atoms in total. The minimum atomic E-state index is -0.189. The predicted octanol–water partition coefficient (Wildman–Crippen LogP) is 4.31. The van der Waals surface area contributed by atoms with Crippen molar-refractivity contribution in [3.05, 3.63) is 59.1 Å². The predicted molar refractivity (Wildman–Crippen MR) is 106 cm³/mol. The van der Waals surface area contributed by atoms with Gasteiger partial charge in [0.2, 0.25) is 0 Å². The van der Waals surface area contributed by atoms with Crippen LogP contribution in [-0.2, 0) is 11.3 Å². The molecule has 1 atom stereocenters. The van der Waals surface area contributed by atoms with Gasteiger partial charge in [-0.3, -0.25) is 4.79 Å². The van der Waals surface area contributed by atoms with Gasteiger partial charge in [-0.15, -0.1) is 0 Å². The number of rotatable bonds is 6. The highest BCUT2D eigenvalue weighted by atomic mass is 35.5. The lowest BCUT2D eigenvalue weighted by Crippen LogP contribution is -2.36. The lowest BCUT2D eigenvalue weighted by Gasteiger charge is -2.25. The Balaban J connectivity index is 1.63. The van der Waals surface area contributed by atoms with Gasteiger partial charge in [0.25, 0.3) is 5.91 Å². The Bertz CT molecular complexity index is 968. The van der Waals surface area contributed by atoms with Crippen LogP contribution >= 0.6 is 11.6 Å². The van der Waals surface area contributed by atoms with E-state index in [4.69, 9.17) is 25.5 Å². The maximum atomic E-state index is 13.0. The maximum absolute atomic E-state index is 13.0. The summed E-state index contributed by atoms with van der Waals surface area (Å²) in [6.45, 7) is 1.54. The van der Waals surface area contributed by atoms with Gasteiger partial charge < -0.3 is 18.8 Å². The van der Waals surface area contributed by atoms with Crippen molar-refractivity contribution in [1.29, 1.82) is 0 Å². The second kappa shape index (κ2) is 8.20. The molecule has 28 heavy (non-hydrogen) atoms. The SMILES string of the molecule is COc1ccc2cc(CN(CC3CCCO3)C(=O)c3ccco3)c(Cl)nc2c1. The highest BCUT2D eigenvalue weighted by Gasteiger charge is 2.26. The molecular formula is C21H21ClN2O4. The normalized spacial score (nSPS) is 16.4. The second-order valence-electron chi connectivity index (χ2n) is 6.79. The molecule has 2 aromatic heterocycles. The van der Waals surface area contributed by atoms with E-state index in [0.717, 1.165) is 41.7 Å². The first-order valence-corrected chi connectivity index (χ1v) is 9.59. The number of halogens is 1. The molecule has 1 amide bonds. The summed E-state index contributed by atoms with van der Waals surface area (Å²) < 4.78 is 16.3. The third-order valence-electron chi connectivity index (χ3n) is 4.88. The molecule has 146 valence electrons. The van der Waals surface area contributed by atoms with E-state index in [-0.39, 0.29) is 12.0 Å². The second-order valence-corrected chi connectivity index (χ2v) is 7.15. The molecule has 3 heterocycles. The Morgan fingerprint density at radius 2 is 2.25 bits per heavy atom. The Morgan fingerprint density at radius 3 is 2.96 bits per heavy atom. The number of amides is 1. The van der Waals surface area contributed by atoms with Gasteiger partial charge in [-0.25, -0.2) is 4.98 Å². The Hall–Kier alpha value is -2.57. The van der Waals surface area contributed by atoms with Crippen molar-refractivity contribution in [2.45, 2.75) is 25.5 Å². The molecule has 1 aliphatic heterocycles. The van der Waals surface area contributed by atoms with Crippen LogP contribution in [0.3, 0.4) is 0 Å². The van der Waals surface area contributed by atoms with Crippen LogP contribution in [0.1, 0.15) is 29.0 Å². The van der Waals surface area contributed by atoms with E-state index >= 15 is 0 Å². The highest BCUT2D eigenvalue weighted by molar-refractivity contribution is 6.30. The van der Waals surface area contributed by atoms with E-state index in [0.29, 0.717) is 24.0 Å². The largest absolute Gasteiger partial charge is 0.497 e. The number of fused-ring (bicyclic) bond motifs is 1. The number of pyridine rings is 1. The van der Waals surface area contributed by atoms with E-state index in [2.05, 4.69) is 4.98 Å². The highest BCUT2D eigenvalue weighted by Crippen LogP contribution is 2.26. The van der Waals surface area contributed by atoms with Crippen LogP contribution < -0.4 is 4.74 Å². The third kappa shape index (κ3) is 3.98. The van der Waals surface area contributed by atoms with Crippen LogP contribution in [0, 0.1) is 0 Å². The van der Waals surface area contributed by atoms with Crippen LogP contribution in [0.25, 0.3) is 10.9 Å². The fraction of sp³-hybridized carbons (Fsp3) is 0.333. The van der Waals surface area contributed by atoms with E-state index in [1.807, 2.05) is 24.3 Å². The lowest BCUT2D eigenvalue weighted by atomic mass is 10.1. The van der Waals surface area contributed by atoms with Crippen molar-refractivity contribution in [3.63, 3.8) is 0 Å². The molecular weight excluding hydrogens is 380 g/mol. The van der Waals surface area contributed by atoms with Crippen LogP contribution in [0.4, 0.5) is 0 Å². The average molecular weight is 401 g/mol. The molecule has 0 spiro atoms. The number of furan rings is 1. The summed E-state index contributed by atoms with van der Waals surface area (Å²) in [4.78, 5) is 19.2. The molecule has 0 radical (unpaired) electrons. The number of ether oxygens (including phenoxy) is 2. The van der Waals surface area contributed by atoms with Gasteiger partial charge in [-0.05, 0) is 43.2 Å². The summed E-state index contributed by atoms with van der Waals surface area (Å²) in [5, 5.41) is 1.30. The summed E-state index contributed by atoms with van der Waals surface area (Å²) in [7, 11) is 1.61. The molecule has 0 bridgehead atoms. The van der Waals surface area contributed by atoms with Gasteiger partial charge in [0.1, 0.15) is 10.9 Å². The van der Waals surface area contributed by atoms with Crippen molar-refractivity contribution in [2.75, 3.05) is 20.3 Å². The van der Waals surface area contributed by atoms with Gasteiger partial charge in [0, 0.05) is 36.7 Å². The summed E-state index contributed by atoms with van der Waals surface area (Å²) in [6.07, 6.45) is 3.46. The third-order valence-corrected chi connectivity index (χ3v) is 5.21. The number of methoxy groups -OCH3 is 1. The fourth-order valence-corrected chi connectivity index (χ4v) is 3.63. The number of aromatic nitrogens is 1. The lowest BCUT2D eigenvalue weighted by molar-refractivity contribution is 0.0484. The zero-order chi connectivity index (χ0) is 19.5. The van der Waals surface area contributed by atoms with Gasteiger partial charge in [0.15, 0.2) is 5.76 Å². The Morgan fingerprint density at radius 1 is 1.36 bits per heavy atom. The first-order chi connectivity index (χ1) is 13.6. The number of nitrogens with zero attached hydrogens (tertiary/aromatic N) is 2. The van der Waals surface area contributed by atoms with Gasteiger partial charge in [0.05, 0.1) is 25.0 Å². The number of carbonyl (C=O) groups is 1. The summed E-state index contributed by atoms with van der Waals surface area (Å²) >= 11 is 6.44. The molecule has 1 saturated heterocycles. The molecule has 0 aliphatic carbocycles. The zero-order valence-electron chi connectivity index (χ0n) is 15.6. The van der Waals surface area contributed by atoms with Crippen molar-refractivity contribution in [2.24, 2.45) is 0 Å². The van der Waals surface area contributed by atoms with Gasteiger partial charge in [-0.2, -0.15) is 0 Å². The summed E-state index contributed by atoms with van der Waals surface area (Å²) in [5.41, 5.74) is 1.52. The number of carbonyl (C=O) groups excluding carboxylic acids is 1.